The van der Waals surface area contributed by atoms with E-state index in [-0.39, 0.29) is 33.5 Å². The van der Waals surface area contributed by atoms with E-state index in [1.807, 2.05) is 14.1 Å². The molecule has 0 fully saturated rings. The minimum atomic E-state index is -4.92. The van der Waals surface area contributed by atoms with E-state index in [0.717, 1.165) is 19.2 Å². The smallest absolute Gasteiger partial charge is 0.431 e. The molecule has 0 aliphatic carbocycles. The largest absolute Gasteiger partial charge is 0.459 e. The third-order valence-electron chi connectivity index (χ3n) is 4.21. The summed E-state index contributed by atoms with van der Waals surface area (Å²) in [6.07, 6.45) is -3.61. The van der Waals surface area contributed by atoms with Crippen molar-refractivity contribution in [1.82, 2.24) is 14.5 Å². The SMILES string of the molecule is C=CCOC(=O)C(C)(C)OC(=O)c1cc(-n2c(=O)cc(C(F)(F)F)n(C)c2=O)ccc1Cl.CNC. The van der Waals surface area contributed by atoms with Gasteiger partial charge in [0.15, 0.2) is 0 Å². The van der Waals surface area contributed by atoms with Crippen molar-refractivity contribution in [1.29, 1.82) is 0 Å². The summed E-state index contributed by atoms with van der Waals surface area (Å²) in [6, 6.07) is 3.57. The van der Waals surface area contributed by atoms with Gasteiger partial charge in [-0.2, -0.15) is 13.2 Å². The summed E-state index contributed by atoms with van der Waals surface area (Å²) in [5.41, 5.74) is -6.27. The summed E-state index contributed by atoms with van der Waals surface area (Å²) in [7, 11) is 4.60. The first-order valence-electron chi connectivity index (χ1n) is 9.92. The number of benzene rings is 1. The van der Waals surface area contributed by atoms with Gasteiger partial charge < -0.3 is 14.8 Å². The van der Waals surface area contributed by atoms with Crippen LogP contribution in [0.4, 0.5) is 13.2 Å². The fourth-order valence-electron chi connectivity index (χ4n) is 2.58. The fourth-order valence-corrected chi connectivity index (χ4v) is 2.78. The lowest BCUT2D eigenvalue weighted by Gasteiger charge is -2.23. The number of hydrogen-bond acceptors (Lipinski definition) is 7. The number of carbonyl (C=O) groups excluding carboxylic acids is 2. The predicted molar refractivity (Wildman–Crippen MR) is 123 cm³/mol. The topological polar surface area (TPSA) is 109 Å². The minimum absolute atomic E-state index is 0.115. The van der Waals surface area contributed by atoms with E-state index in [1.54, 1.807) is 0 Å². The van der Waals surface area contributed by atoms with Crippen LogP contribution in [0.15, 0.2) is 46.5 Å². The van der Waals surface area contributed by atoms with Gasteiger partial charge in [0, 0.05) is 13.1 Å². The van der Waals surface area contributed by atoms with Crippen molar-refractivity contribution in [2.24, 2.45) is 7.05 Å². The van der Waals surface area contributed by atoms with Crippen molar-refractivity contribution in [3.05, 3.63) is 74.0 Å². The number of nitrogens with zero attached hydrogens (tertiary/aromatic N) is 2. The normalized spacial score (nSPS) is 11.2. The Morgan fingerprint density at radius 3 is 2.26 bits per heavy atom. The van der Waals surface area contributed by atoms with Gasteiger partial charge in [-0.15, -0.1) is 0 Å². The highest BCUT2D eigenvalue weighted by Gasteiger charge is 2.36. The molecule has 0 bridgehead atoms. The van der Waals surface area contributed by atoms with Crippen LogP contribution in [-0.4, -0.2) is 47.4 Å². The number of nitrogens with one attached hydrogen (secondary N) is 1. The maximum absolute atomic E-state index is 13.0. The van der Waals surface area contributed by atoms with Gasteiger partial charge in [-0.3, -0.25) is 9.36 Å². The number of hydrogen-bond donors (Lipinski definition) is 1. The number of halogens is 4. The van der Waals surface area contributed by atoms with Crippen LogP contribution in [0, 0.1) is 0 Å². The Bertz CT molecular complexity index is 1220. The summed E-state index contributed by atoms with van der Waals surface area (Å²) < 4.78 is 49.8. The highest BCUT2D eigenvalue weighted by Crippen LogP contribution is 2.27. The van der Waals surface area contributed by atoms with Gasteiger partial charge in [0.25, 0.3) is 5.56 Å². The van der Waals surface area contributed by atoms with Crippen LogP contribution < -0.4 is 16.6 Å². The number of alkyl halides is 3. The molecule has 2 aromatic rings. The van der Waals surface area contributed by atoms with Gasteiger partial charge in [-0.1, -0.05) is 24.3 Å². The van der Waals surface area contributed by atoms with E-state index >= 15 is 0 Å². The molecule has 0 spiro atoms. The van der Waals surface area contributed by atoms with Crippen molar-refractivity contribution in [3.63, 3.8) is 0 Å². The molecule has 0 amide bonds. The molecular formula is C22H25ClF3N3O6. The van der Waals surface area contributed by atoms with Crippen LogP contribution >= 0.6 is 11.6 Å². The average molecular weight is 520 g/mol. The molecule has 1 heterocycles. The molecule has 0 saturated heterocycles. The van der Waals surface area contributed by atoms with Crippen LogP contribution in [-0.2, 0) is 27.5 Å². The minimum Gasteiger partial charge on any atom is -0.459 e. The lowest BCUT2D eigenvalue weighted by Crippen LogP contribution is -2.41. The highest BCUT2D eigenvalue weighted by molar-refractivity contribution is 6.33. The Morgan fingerprint density at radius 1 is 1.17 bits per heavy atom. The number of rotatable bonds is 6. The second kappa shape index (κ2) is 11.8. The van der Waals surface area contributed by atoms with E-state index in [9.17, 15) is 32.3 Å². The van der Waals surface area contributed by atoms with Gasteiger partial charge in [-0.05, 0) is 46.1 Å². The van der Waals surface area contributed by atoms with Crippen LogP contribution in [0.1, 0.15) is 29.9 Å². The Hall–Kier alpha value is -3.38. The van der Waals surface area contributed by atoms with Crippen molar-refractivity contribution in [3.8, 4) is 5.69 Å². The van der Waals surface area contributed by atoms with E-state index in [0.29, 0.717) is 4.57 Å². The molecule has 192 valence electrons. The fraction of sp³-hybridized carbons (Fsp3) is 0.364. The van der Waals surface area contributed by atoms with Crippen molar-refractivity contribution < 1.29 is 32.2 Å². The molecule has 0 aliphatic rings. The van der Waals surface area contributed by atoms with Gasteiger partial charge in [0.2, 0.25) is 5.60 Å². The lowest BCUT2D eigenvalue weighted by molar-refractivity contribution is -0.161. The number of aromatic nitrogens is 2. The van der Waals surface area contributed by atoms with E-state index in [4.69, 9.17) is 21.1 Å². The molecule has 35 heavy (non-hydrogen) atoms. The quantitative estimate of drug-likeness (QED) is 0.462. The molecule has 9 nitrogen and oxygen atoms in total. The summed E-state index contributed by atoms with van der Waals surface area (Å²) >= 11 is 6.02. The molecule has 0 aliphatic heterocycles. The Labute approximate surface area is 203 Å². The maximum atomic E-state index is 13.0. The molecule has 0 unspecified atom stereocenters. The summed E-state index contributed by atoms with van der Waals surface area (Å²) in [5.74, 6) is -1.96. The molecule has 1 aromatic heterocycles. The Balaban J connectivity index is 0.00000194. The third-order valence-corrected chi connectivity index (χ3v) is 4.54. The molecule has 13 heteroatoms. The standard InChI is InChI=1S/C20H18ClF3N2O6.C2H7N/c1-5-8-31-17(29)19(2,3)32-16(28)12-9-11(6-7-13(12)21)26-15(27)10-14(20(22,23)24)25(4)18(26)30;1-3-2/h5-7,9-10H,1,8H2,2-4H3;3H,1-2H3. The Morgan fingerprint density at radius 2 is 1.74 bits per heavy atom. The zero-order valence-corrected chi connectivity index (χ0v) is 20.4. The first-order valence-corrected chi connectivity index (χ1v) is 10.3. The van der Waals surface area contributed by atoms with Gasteiger partial charge in [-0.25, -0.2) is 19.0 Å². The molecule has 0 radical (unpaired) electrons. The van der Waals surface area contributed by atoms with Crippen molar-refractivity contribution in [2.75, 3.05) is 20.7 Å². The van der Waals surface area contributed by atoms with Crippen LogP contribution in [0.3, 0.4) is 0 Å². The zero-order valence-electron chi connectivity index (χ0n) is 19.7. The average Bonchev–Trinajstić information content (AvgIpc) is 2.75. The zero-order chi connectivity index (χ0) is 27.1. The van der Waals surface area contributed by atoms with Crippen LogP contribution in [0.25, 0.3) is 5.69 Å². The monoisotopic (exact) mass is 519 g/mol. The number of carbonyl (C=O) groups is 2. The predicted octanol–water partition coefficient (Wildman–Crippen LogP) is 2.71. The first-order chi connectivity index (χ1) is 16.1. The van der Waals surface area contributed by atoms with E-state index in [1.165, 1.54) is 26.0 Å². The first kappa shape index (κ1) is 29.7. The molecule has 1 N–H and O–H groups in total. The number of esters is 2. The highest BCUT2D eigenvalue weighted by atomic mass is 35.5. The van der Waals surface area contributed by atoms with E-state index < -0.39 is 40.7 Å². The molecular weight excluding hydrogens is 495 g/mol. The Kier molecular flexibility index (Phi) is 10.0. The van der Waals surface area contributed by atoms with Gasteiger partial charge in [0.1, 0.15) is 12.3 Å². The van der Waals surface area contributed by atoms with Gasteiger partial charge in [0.05, 0.1) is 16.3 Å². The second-order valence-corrected chi connectivity index (χ2v) is 7.90. The van der Waals surface area contributed by atoms with E-state index in [2.05, 4.69) is 11.9 Å². The molecule has 0 saturated carbocycles. The van der Waals surface area contributed by atoms with Crippen LogP contribution in [0.5, 0.6) is 0 Å². The number of ether oxygens (including phenoxy) is 2. The van der Waals surface area contributed by atoms with Crippen molar-refractivity contribution in [2.45, 2.75) is 25.6 Å². The summed E-state index contributed by atoms with van der Waals surface area (Å²) in [4.78, 5) is 49.4. The molecule has 2 rings (SSSR count). The summed E-state index contributed by atoms with van der Waals surface area (Å²) in [5, 5.41) is 2.60. The van der Waals surface area contributed by atoms with Crippen molar-refractivity contribution >= 4 is 23.5 Å². The third kappa shape index (κ3) is 7.30. The van der Waals surface area contributed by atoms with Gasteiger partial charge >= 0.3 is 23.8 Å². The summed E-state index contributed by atoms with van der Waals surface area (Å²) in [6.45, 7) is 5.81. The molecule has 0 atom stereocenters. The molecule has 1 aromatic carbocycles. The second-order valence-electron chi connectivity index (χ2n) is 7.49. The maximum Gasteiger partial charge on any atom is 0.431 e. The van der Waals surface area contributed by atoms with Crippen LogP contribution in [0.2, 0.25) is 5.02 Å². The lowest BCUT2D eigenvalue weighted by atomic mass is 10.1.